The lowest BCUT2D eigenvalue weighted by Gasteiger charge is -2.11. The number of fused-ring (bicyclic) bond motifs is 1. The second-order valence-electron chi connectivity index (χ2n) is 7.39. The summed E-state index contributed by atoms with van der Waals surface area (Å²) >= 11 is 0. The highest BCUT2D eigenvalue weighted by molar-refractivity contribution is 7.97. The molecule has 0 bridgehead atoms. The van der Waals surface area contributed by atoms with E-state index in [1.165, 1.54) is 12.1 Å². The smallest absolute Gasteiger partial charge is 0.252 e. The number of aryl methyl sites for hydroxylation is 1. The van der Waals surface area contributed by atoms with Crippen LogP contribution in [-0.4, -0.2) is 38.6 Å². The molecule has 1 atom stereocenters. The van der Waals surface area contributed by atoms with Gasteiger partial charge in [-0.25, -0.2) is 4.98 Å². The number of carbonyl (C=O) groups excluding carboxylic acids is 1. The number of rotatable bonds is 6. The Hall–Kier alpha value is -3.56. The number of nitrogens with one attached hydrogen (secondary N) is 1. The lowest BCUT2D eigenvalue weighted by molar-refractivity contribution is 0.0952. The highest BCUT2D eigenvalue weighted by atomic mass is 32.3. The van der Waals surface area contributed by atoms with Crippen LogP contribution in [-0.2, 0) is 28.0 Å². The van der Waals surface area contributed by atoms with Gasteiger partial charge in [-0.15, -0.1) is 4.21 Å². The van der Waals surface area contributed by atoms with Crippen molar-refractivity contribution in [1.29, 1.82) is 0 Å². The number of ether oxygens (including phenoxy) is 1. The van der Waals surface area contributed by atoms with Crippen LogP contribution in [0.2, 0.25) is 0 Å². The molecule has 2 aromatic heterocycles. The van der Waals surface area contributed by atoms with E-state index >= 15 is 0 Å². The van der Waals surface area contributed by atoms with Crippen molar-refractivity contribution >= 4 is 27.2 Å². The fourth-order valence-corrected chi connectivity index (χ4v) is 4.01. The van der Waals surface area contributed by atoms with Gasteiger partial charge in [-0.3, -0.25) is 9.48 Å². The summed E-state index contributed by atoms with van der Waals surface area (Å²) in [6.07, 6.45) is 2.77. The number of hydrogen-bond acceptors (Lipinski definition) is 6. The van der Waals surface area contributed by atoms with Crippen LogP contribution < -0.4 is 10.1 Å². The minimum atomic E-state index is -3.30. The normalized spacial score (nSPS) is 13.0. The standard InChI is InChI=1S/C23H22N4O4S/c1-27-22-20(14-25-27)19(23(28)24-13-15-5-4-6-17(11-15)31-2)12-21(26-22)16-7-9-18(10-8-16)32(3,29)30/h4-12,14H,13H2,1-3H3,(H-,24,28,29,30). The molecular weight excluding hydrogens is 428 g/mol. The molecule has 0 spiro atoms. The minimum Gasteiger partial charge on any atom is -0.610 e. The molecule has 0 radical (unpaired) electrons. The van der Waals surface area contributed by atoms with Gasteiger partial charge in [0.25, 0.3) is 5.91 Å². The molecule has 1 unspecified atom stereocenters. The van der Waals surface area contributed by atoms with E-state index in [0.29, 0.717) is 34.4 Å². The van der Waals surface area contributed by atoms with Crippen molar-refractivity contribution in [2.24, 2.45) is 7.05 Å². The van der Waals surface area contributed by atoms with Crippen LogP contribution in [0, 0.1) is 0 Å². The second-order valence-corrected chi connectivity index (χ2v) is 9.41. The summed E-state index contributed by atoms with van der Waals surface area (Å²) in [5, 5.41) is 7.81. The van der Waals surface area contributed by atoms with Gasteiger partial charge < -0.3 is 14.6 Å². The van der Waals surface area contributed by atoms with E-state index < -0.39 is 10.2 Å². The maximum Gasteiger partial charge on any atom is 0.252 e. The van der Waals surface area contributed by atoms with Gasteiger partial charge in [0.15, 0.2) is 10.5 Å². The topological polar surface area (TPSA) is 109 Å². The van der Waals surface area contributed by atoms with Crippen LogP contribution in [0.3, 0.4) is 0 Å². The number of amides is 1. The van der Waals surface area contributed by atoms with E-state index in [9.17, 15) is 13.6 Å². The SMILES string of the molecule is COc1cccc(CNC(=O)c2cc(-c3ccc([S+](C)(=O)[O-])cc3)nc3c2cnn3C)c1. The monoisotopic (exact) mass is 450 g/mol. The maximum absolute atomic E-state index is 13.1. The number of methoxy groups -OCH3 is 1. The van der Waals surface area contributed by atoms with Gasteiger partial charge in [-0.05, 0) is 48.0 Å². The minimum absolute atomic E-state index is 0.221. The van der Waals surface area contributed by atoms with Gasteiger partial charge >= 0.3 is 0 Å². The first-order chi connectivity index (χ1) is 15.3. The molecular formula is C23H22N4O4S. The van der Waals surface area contributed by atoms with E-state index in [1.807, 2.05) is 24.3 Å². The van der Waals surface area contributed by atoms with E-state index in [4.69, 9.17) is 4.74 Å². The average molecular weight is 451 g/mol. The Balaban J connectivity index is 1.68. The zero-order valence-corrected chi connectivity index (χ0v) is 18.7. The van der Waals surface area contributed by atoms with Gasteiger partial charge in [-0.1, -0.05) is 12.1 Å². The van der Waals surface area contributed by atoms with Crippen LogP contribution in [0.15, 0.2) is 65.7 Å². The van der Waals surface area contributed by atoms with Gasteiger partial charge in [0, 0.05) is 19.2 Å². The molecule has 2 heterocycles. The summed E-state index contributed by atoms with van der Waals surface area (Å²) in [6.45, 7) is 0.332. The van der Waals surface area contributed by atoms with Gasteiger partial charge in [-0.2, -0.15) is 5.10 Å². The van der Waals surface area contributed by atoms with Crippen molar-refractivity contribution in [3.05, 3.63) is 71.9 Å². The van der Waals surface area contributed by atoms with Crippen LogP contribution in [0.25, 0.3) is 22.3 Å². The van der Waals surface area contributed by atoms with E-state index in [-0.39, 0.29) is 10.8 Å². The van der Waals surface area contributed by atoms with Gasteiger partial charge in [0.05, 0.1) is 40.2 Å². The Bertz CT molecular complexity index is 1340. The van der Waals surface area contributed by atoms with Crippen LogP contribution >= 0.6 is 0 Å². The highest BCUT2D eigenvalue weighted by Gasteiger charge is 2.18. The highest BCUT2D eigenvalue weighted by Crippen LogP contribution is 2.26. The fourth-order valence-electron chi connectivity index (χ4n) is 3.38. The molecule has 32 heavy (non-hydrogen) atoms. The van der Waals surface area contributed by atoms with Crippen LogP contribution in [0.4, 0.5) is 0 Å². The van der Waals surface area contributed by atoms with Crippen molar-refractivity contribution < 1.29 is 18.3 Å². The number of hydrogen-bond donors (Lipinski definition) is 1. The van der Waals surface area contributed by atoms with Crippen LogP contribution in [0.5, 0.6) is 5.75 Å². The molecule has 4 rings (SSSR count). The third-order valence-corrected chi connectivity index (χ3v) is 6.24. The van der Waals surface area contributed by atoms with Crippen molar-refractivity contribution in [3.63, 3.8) is 0 Å². The Morgan fingerprint density at radius 1 is 1.19 bits per heavy atom. The number of pyridine rings is 1. The molecule has 9 heteroatoms. The summed E-state index contributed by atoms with van der Waals surface area (Å²) in [5.74, 6) is 0.456. The average Bonchev–Trinajstić information content (AvgIpc) is 3.17. The van der Waals surface area contributed by atoms with E-state index in [1.54, 1.807) is 43.2 Å². The second kappa shape index (κ2) is 8.52. The summed E-state index contributed by atoms with van der Waals surface area (Å²) in [6, 6.07) is 15.6. The molecule has 164 valence electrons. The number of carbonyl (C=O) groups is 1. The molecule has 1 amide bonds. The van der Waals surface area contributed by atoms with Gasteiger partial charge in [0.1, 0.15) is 12.0 Å². The predicted molar refractivity (Wildman–Crippen MR) is 121 cm³/mol. The third-order valence-electron chi connectivity index (χ3n) is 5.12. The summed E-state index contributed by atoms with van der Waals surface area (Å²) < 4.78 is 30.3. The quantitative estimate of drug-likeness (QED) is 0.452. The number of aromatic nitrogens is 3. The fraction of sp³-hybridized carbons (Fsp3) is 0.174. The van der Waals surface area contributed by atoms with Crippen molar-refractivity contribution in [3.8, 4) is 17.0 Å². The molecule has 8 nitrogen and oxygen atoms in total. The first kappa shape index (κ1) is 21.7. The number of benzene rings is 2. The van der Waals surface area contributed by atoms with Crippen LogP contribution in [0.1, 0.15) is 15.9 Å². The first-order valence-corrected chi connectivity index (χ1v) is 11.7. The van der Waals surface area contributed by atoms with Gasteiger partial charge in [0.2, 0.25) is 0 Å². The summed E-state index contributed by atoms with van der Waals surface area (Å²) in [7, 11) is 0.0466. The van der Waals surface area contributed by atoms with Crippen molar-refractivity contribution in [2.75, 3.05) is 13.4 Å². The zero-order valence-electron chi connectivity index (χ0n) is 17.9. The molecule has 2 aromatic carbocycles. The van der Waals surface area contributed by atoms with Crippen molar-refractivity contribution in [2.45, 2.75) is 11.4 Å². The number of sulfone groups is 1. The van der Waals surface area contributed by atoms with E-state index in [0.717, 1.165) is 17.6 Å². The molecule has 0 fully saturated rings. The lowest BCUT2D eigenvalue weighted by Crippen LogP contribution is -2.23. The van der Waals surface area contributed by atoms with E-state index in [2.05, 4.69) is 15.4 Å². The molecule has 0 saturated carbocycles. The molecule has 4 aromatic rings. The molecule has 0 aliphatic rings. The first-order valence-electron chi connectivity index (χ1n) is 9.80. The Morgan fingerprint density at radius 3 is 2.62 bits per heavy atom. The third kappa shape index (κ3) is 4.39. The number of nitrogens with zero attached hydrogens (tertiary/aromatic N) is 3. The zero-order chi connectivity index (χ0) is 22.9. The molecule has 0 aliphatic carbocycles. The summed E-state index contributed by atoms with van der Waals surface area (Å²) in [5.41, 5.74) is 3.15. The Kier molecular flexibility index (Phi) is 5.77. The maximum atomic E-state index is 13.1. The Morgan fingerprint density at radius 2 is 1.94 bits per heavy atom. The predicted octanol–water partition coefficient (Wildman–Crippen LogP) is 3.19. The molecule has 1 N–H and O–H groups in total. The van der Waals surface area contributed by atoms with Crippen molar-refractivity contribution in [1.82, 2.24) is 20.1 Å². The molecule has 0 aliphatic heterocycles. The summed E-state index contributed by atoms with van der Waals surface area (Å²) in [4.78, 5) is 17.9. The largest absolute Gasteiger partial charge is 0.610 e. The lowest BCUT2D eigenvalue weighted by atomic mass is 10.1. The Labute approximate surface area is 186 Å². The molecule has 0 saturated heterocycles.